The second kappa shape index (κ2) is 7.17. The van der Waals surface area contributed by atoms with Crippen LogP contribution in [-0.2, 0) is 6.54 Å². The van der Waals surface area contributed by atoms with E-state index in [2.05, 4.69) is 25.6 Å². The fourth-order valence-electron chi connectivity index (χ4n) is 2.77. The van der Waals surface area contributed by atoms with Crippen molar-refractivity contribution < 1.29 is 4.79 Å². The molecule has 1 aliphatic rings. The summed E-state index contributed by atoms with van der Waals surface area (Å²) in [7, 11) is 0. The third-order valence-corrected chi connectivity index (χ3v) is 3.93. The molecule has 6 heteroatoms. The number of anilines is 1. The van der Waals surface area contributed by atoms with Crippen LogP contribution in [0.25, 0.3) is 0 Å². The summed E-state index contributed by atoms with van der Waals surface area (Å²) in [6, 6.07) is 7.73. The molecule has 0 bridgehead atoms. The molecule has 6 nitrogen and oxygen atoms in total. The molecule has 2 N–H and O–H groups in total. The van der Waals surface area contributed by atoms with Crippen molar-refractivity contribution in [2.75, 3.05) is 5.32 Å². The average Bonchev–Trinajstić information content (AvgIpc) is 3.06. The first kappa shape index (κ1) is 15.4. The highest BCUT2D eigenvalue weighted by molar-refractivity contribution is 5.92. The van der Waals surface area contributed by atoms with E-state index in [9.17, 15) is 4.79 Å². The highest BCUT2D eigenvalue weighted by Gasteiger charge is 2.19. The van der Waals surface area contributed by atoms with Crippen molar-refractivity contribution in [3.05, 3.63) is 47.5 Å². The van der Waals surface area contributed by atoms with Crippen LogP contribution in [0.15, 0.2) is 30.5 Å². The lowest BCUT2D eigenvalue weighted by Gasteiger charge is -2.12. The number of aryl methyl sites for hydroxylation is 1. The molecule has 0 radical (unpaired) electrons. The highest BCUT2D eigenvalue weighted by Crippen LogP contribution is 2.18. The van der Waals surface area contributed by atoms with Gasteiger partial charge in [0.25, 0.3) is 5.91 Å². The maximum absolute atomic E-state index is 12.3. The molecule has 1 aliphatic carbocycles. The fourth-order valence-corrected chi connectivity index (χ4v) is 2.77. The van der Waals surface area contributed by atoms with Crippen molar-refractivity contribution in [3.8, 4) is 0 Å². The summed E-state index contributed by atoms with van der Waals surface area (Å²) >= 11 is 0. The quantitative estimate of drug-likeness (QED) is 0.886. The molecule has 23 heavy (non-hydrogen) atoms. The molecule has 3 rings (SSSR count). The first-order valence-electron chi connectivity index (χ1n) is 8.01. The third kappa shape index (κ3) is 4.25. The molecule has 1 amide bonds. The van der Waals surface area contributed by atoms with E-state index in [0.29, 0.717) is 18.2 Å². The predicted octanol–water partition coefficient (Wildman–Crippen LogP) is 2.46. The van der Waals surface area contributed by atoms with E-state index in [4.69, 9.17) is 0 Å². The first-order valence-corrected chi connectivity index (χ1v) is 8.01. The summed E-state index contributed by atoms with van der Waals surface area (Å²) in [5, 5.41) is 6.18. The van der Waals surface area contributed by atoms with Gasteiger partial charge in [-0.3, -0.25) is 9.78 Å². The van der Waals surface area contributed by atoms with Gasteiger partial charge in [-0.1, -0.05) is 18.9 Å². The van der Waals surface area contributed by atoms with Gasteiger partial charge in [0.15, 0.2) is 0 Å². The molecule has 0 spiro atoms. The van der Waals surface area contributed by atoms with Crippen LogP contribution in [0.4, 0.5) is 5.95 Å². The van der Waals surface area contributed by atoms with Crippen molar-refractivity contribution in [3.63, 3.8) is 0 Å². The number of nitrogens with one attached hydrogen (secondary N) is 2. The van der Waals surface area contributed by atoms with Crippen LogP contribution >= 0.6 is 0 Å². The molecule has 0 aliphatic heterocycles. The fraction of sp³-hybridized carbons (Fsp3) is 0.412. The minimum Gasteiger partial charge on any atom is -0.349 e. The van der Waals surface area contributed by atoms with Crippen molar-refractivity contribution in [1.82, 2.24) is 20.3 Å². The molecule has 0 aromatic carbocycles. The SMILES string of the molecule is Cc1cc(C(=O)NC2CCCC2)nc(NCc2ccccn2)n1. The van der Waals surface area contributed by atoms with E-state index in [-0.39, 0.29) is 11.9 Å². The van der Waals surface area contributed by atoms with Crippen molar-refractivity contribution in [1.29, 1.82) is 0 Å². The number of amides is 1. The van der Waals surface area contributed by atoms with E-state index in [0.717, 1.165) is 24.2 Å². The largest absolute Gasteiger partial charge is 0.349 e. The molecular formula is C17H21N5O. The first-order chi connectivity index (χ1) is 11.2. The van der Waals surface area contributed by atoms with Gasteiger partial charge in [0, 0.05) is 17.9 Å². The number of aromatic nitrogens is 3. The Morgan fingerprint density at radius 2 is 2.09 bits per heavy atom. The van der Waals surface area contributed by atoms with E-state index >= 15 is 0 Å². The normalized spacial score (nSPS) is 14.7. The number of rotatable bonds is 5. The minimum atomic E-state index is -0.122. The van der Waals surface area contributed by atoms with Crippen LogP contribution in [0.1, 0.15) is 47.6 Å². The van der Waals surface area contributed by atoms with Gasteiger partial charge in [0.1, 0.15) is 5.69 Å². The molecular weight excluding hydrogens is 290 g/mol. The molecule has 0 atom stereocenters. The number of carbonyl (C=O) groups is 1. The van der Waals surface area contributed by atoms with Gasteiger partial charge in [0.05, 0.1) is 12.2 Å². The lowest BCUT2D eigenvalue weighted by Crippen LogP contribution is -2.33. The van der Waals surface area contributed by atoms with Crippen LogP contribution < -0.4 is 10.6 Å². The second-order valence-corrected chi connectivity index (χ2v) is 5.85. The van der Waals surface area contributed by atoms with Gasteiger partial charge in [0.2, 0.25) is 5.95 Å². The van der Waals surface area contributed by atoms with Crippen LogP contribution in [0, 0.1) is 6.92 Å². The van der Waals surface area contributed by atoms with Gasteiger partial charge in [-0.25, -0.2) is 9.97 Å². The monoisotopic (exact) mass is 311 g/mol. The summed E-state index contributed by atoms with van der Waals surface area (Å²) in [6.45, 7) is 2.38. The molecule has 0 saturated heterocycles. The second-order valence-electron chi connectivity index (χ2n) is 5.85. The summed E-state index contributed by atoms with van der Waals surface area (Å²) in [5.74, 6) is 0.329. The Morgan fingerprint density at radius 1 is 1.26 bits per heavy atom. The lowest BCUT2D eigenvalue weighted by atomic mass is 10.2. The standard InChI is InChI=1S/C17H21N5O/c1-12-10-15(16(23)21-13-6-2-3-7-13)22-17(20-12)19-11-14-8-4-5-9-18-14/h4-5,8-10,13H,2-3,6-7,11H2,1H3,(H,21,23)(H,19,20,22). The van der Waals surface area contributed by atoms with E-state index < -0.39 is 0 Å². The zero-order valence-electron chi connectivity index (χ0n) is 13.2. The highest BCUT2D eigenvalue weighted by atomic mass is 16.1. The van der Waals surface area contributed by atoms with Crippen molar-refractivity contribution in [2.24, 2.45) is 0 Å². The van der Waals surface area contributed by atoms with Crippen LogP contribution in [-0.4, -0.2) is 26.9 Å². The van der Waals surface area contributed by atoms with E-state index in [1.807, 2.05) is 25.1 Å². The molecule has 120 valence electrons. The van der Waals surface area contributed by atoms with Gasteiger partial charge >= 0.3 is 0 Å². The smallest absolute Gasteiger partial charge is 0.270 e. The van der Waals surface area contributed by atoms with Gasteiger partial charge in [-0.2, -0.15) is 0 Å². The Hall–Kier alpha value is -2.50. The molecule has 2 aromatic rings. The van der Waals surface area contributed by atoms with Gasteiger partial charge in [-0.05, 0) is 38.0 Å². The van der Waals surface area contributed by atoms with E-state index in [1.165, 1.54) is 12.8 Å². The molecule has 0 unspecified atom stereocenters. The summed E-state index contributed by atoms with van der Waals surface area (Å²) in [6.07, 6.45) is 6.23. The van der Waals surface area contributed by atoms with Crippen LogP contribution in [0.2, 0.25) is 0 Å². The Morgan fingerprint density at radius 3 is 2.83 bits per heavy atom. The van der Waals surface area contributed by atoms with Gasteiger partial charge < -0.3 is 10.6 Å². The molecule has 1 saturated carbocycles. The van der Waals surface area contributed by atoms with Crippen molar-refractivity contribution >= 4 is 11.9 Å². The van der Waals surface area contributed by atoms with Gasteiger partial charge in [-0.15, -0.1) is 0 Å². The Labute approximate surface area is 135 Å². The molecule has 2 aromatic heterocycles. The lowest BCUT2D eigenvalue weighted by molar-refractivity contribution is 0.0932. The number of nitrogens with zero attached hydrogens (tertiary/aromatic N) is 3. The Bertz CT molecular complexity index is 668. The summed E-state index contributed by atoms with van der Waals surface area (Å²) in [4.78, 5) is 25.2. The number of carbonyl (C=O) groups excluding carboxylic acids is 1. The van der Waals surface area contributed by atoms with Crippen molar-refractivity contribution in [2.45, 2.75) is 45.2 Å². The predicted molar refractivity (Wildman–Crippen MR) is 88.1 cm³/mol. The zero-order valence-corrected chi connectivity index (χ0v) is 13.2. The minimum absolute atomic E-state index is 0.122. The third-order valence-electron chi connectivity index (χ3n) is 3.93. The summed E-state index contributed by atoms with van der Waals surface area (Å²) < 4.78 is 0. The average molecular weight is 311 g/mol. The Balaban J connectivity index is 1.67. The Kier molecular flexibility index (Phi) is 4.80. The number of hydrogen-bond donors (Lipinski definition) is 2. The summed E-state index contributed by atoms with van der Waals surface area (Å²) in [5.41, 5.74) is 2.07. The van der Waals surface area contributed by atoms with E-state index in [1.54, 1.807) is 12.3 Å². The molecule has 1 fully saturated rings. The number of pyridine rings is 1. The van der Waals surface area contributed by atoms with Crippen LogP contribution in [0.3, 0.4) is 0 Å². The number of hydrogen-bond acceptors (Lipinski definition) is 5. The molecule has 2 heterocycles. The maximum atomic E-state index is 12.3. The van der Waals surface area contributed by atoms with Crippen LogP contribution in [0.5, 0.6) is 0 Å². The topological polar surface area (TPSA) is 79.8 Å². The maximum Gasteiger partial charge on any atom is 0.270 e. The zero-order chi connectivity index (χ0) is 16.1.